The first kappa shape index (κ1) is 17.7. The standard InChI is InChI=1S/C18H33NO3/c1-13(2)11-21-12-15-5-7-16(8-6-15)18(20)19-9-17(10-19)22-14(3)4/h13-17H,5-12H2,1-4H3. The SMILES string of the molecule is CC(C)COCC1CCC(C(=O)N2CC(OC(C)C)C2)CC1. The van der Waals surface area contributed by atoms with Crippen molar-refractivity contribution in [3.63, 3.8) is 0 Å². The van der Waals surface area contributed by atoms with Crippen LogP contribution in [0.1, 0.15) is 53.4 Å². The van der Waals surface area contributed by atoms with E-state index in [2.05, 4.69) is 13.8 Å². The summed E-state index contributed by atoms with van der Waals surface area (Å²) in [4.78, 5) is 14.4. The fourth-order valence-corrected chi connectivity index (χ4v) is 3.39. The number of rotatable bonds is 7. The summed E-state index contributed by atoms with van der Waals surface area (Å²) in [7, 11) is 0. The first-order valence-electron chi connectivity index (χ1n) is 8.97. The first-order valence-corrected chi connectivity index (χ1v) is 8.97. The molecule has 0 atom stereocenters. The maximum Gasteiger partial charge on any atom is 0.225 e. The topological polar surface area (TPSA) is 38.8 Å². The van der Waals surface area contributed by atoms with Crippen LogP contribution < -0.4 is 0 Å². The Morgan fingerprint density at radius 3 is 2.27 bits per heavy atom. The lowest BCUT2D eigenvalue weighted by atomic mass is 9.81. The normalized spacial score (nSPS) is 26.5. The van der Waals surface area contributed by atoms with Gasteiger partial charge in [-0.2, -0.15) is 0 Å². The highest BCUT2D eigenvalue weighted by Gasteiger charge is 2.36. The Balaban J connectivity index is 1.62. The van der Waals surface area contributed by atoms with E-state index in [0.717, 1.165) is 52.0 Å². The first-order chi connectivity index (χ1) is 10.5. The van der Waals surface area contributed by atoms with E-state index in [-0.39, 0.29) is 18.1 Å². The van der Waals surface area contributed by atoms with E-state index >= 15 is 0 Å². The van der Waals surface area contributed by atoms with Gasteiger partial charge in [-0.25, -0.2) is 0 Å². The molecule has 2 aliphatic rings. The molecule has 1 saturated carbocycles. The third-order valence-corrected chi connectivity index (χ3v) is 4.63. The number of nitrogens with zero attached hydrogens (tertiary/aromatic N) is 1. The van der Waals surface area contributed by atoms with E-state index in [9.17, 15) is 4.79 Å². The molecule has 0 unspecified atom stereocenters. The molecule has 1 aliphatic heterocycles. The van der Waals surface area contributed by atoms with Crippen LogP contribution in [0.25, 0.3) is 0 Å². The summed E-state index contributed by atoms with van der Waals surface area (Å²) in [5.74, 6) is 1.84. The molecular formula is C18H33NO3. The van der Waals surface area contributed by atoms with Crippen LogP contribution in [0, 0.1) is 17.8 Å². The number of amides is 1. The van der Waals surface area contributed by atoms with Gasteiger partial charge >= 0.3 is 0 Å². The van der Waals surface area contributed by atoms with E-state index in [1.165, 1.54) is 0 Å². The highest BCUT2D eigenvalue weighted by atomic mass is 16.5. The minimum absolute atomic E-state index is 0.237. The minimum Gasteiger partial charge on any atom is -0.381 e. The Labute approximate surface area is 135 Å². The molecule has 1 aliphatic carbocycles. The zero-order valence-corrected chi connectivity index (χ0v) is 14.7. The minimum atomic E-state index is 0.237. The highest BCUT2D eigenvalue weighted by Crippen LogP contribution is 2.31. The maximum atomic E-state index is 12.5. The number of carbonyl (C=O) groups is 1. The zero-order valence-electron chi connectivity index (χ0n) is 14.7. The van der Waals surface area contributed by atoms with Gasteiger partial charge in [0.15, 0.2) is 0 Å². The highest BCUT2D eigenvalue weighted by molar-refractivity contribution is 5.79. The molecule has 0 radical (unpaired) electrons. The summed E-state index contributed by atoms with van der Waals surface area (Å²) in [6, 6.07) is 0. The predicted molar refractivity (Wildman–Crippen MR) is 87.7 cm³/mol. The number of carbonyl (C=O) groups excluding carboxylic acids is 1. The van der Waals surface area contributed by atoms with Gasteiger partial charge in [-0.05, 0) is 51.4 Å². The molecule has 22 heavy (non-hydrogen) atoms. The van der Waals surface area contributed by atoms with Crippen LogP contribution in [-0.2, 0) is 14.3 Å². The van der Waals surface area contributed by atoms with Crippen LogP contribution >= 0.6 is 0 Å². The van der Waals surface area contributed by atoms with Crippen molar-refractivity contribution < 1.29 is 14.3 Å². The lowest BCUT2D eigenvalue weighted by molar-refractivity contribution is -0.153. The van der Waals surface area contributed by atoms with Crippen LogP contribution in [0.2, 0.25) is 0 Å². The Kier molecular flexibility index (Phi) is 6.69. The summed E-state index contributed by atoms with van der Waals surface area (Å²) in [5.41, 5.74) is 0. The summed E-state index contributed by atoms with van der Waals surface area (Å²) in [5, 5.41) is 0. The van der Waals surface area contributed by atoms with Gasteiger partial charge < -0.3 is 14.4 Å². The van der Waals surface area contributed by atoms with Crippen molar-refractivity contribution in [2.45, 2.75) is 65.6 Å². The molecule has 0 spiro atoms. The van der Waals surface area contributed by atoms with Crippen molar-refractivity contribution in [1.82, 2.24) is 4.90 Å². The number of likely N-dealkylation sites (tertiary alicyclic amines) is 1. The molecule has 0 aromatic rings. The number of ether oxygens (including phenoxy) is 2. The monoisotopic (exact) mass is 311 g/mol. The molecule has 0 aromatic carbocycles. The van der Waals surface area contributed by atoms with Crippen molar-refractivity contribution in [3.05, 3.63) is 0 Å². The van der Waals surface area contributed by atoms with Crippen molar-refractivity contribution in [3.8, 4) is 0 Å². The van der Waals surface area contributed by atoms with E-state index in [0.29, 0.717) is 17.7 Å². The largest absolute Gasteiger partial charge is 0.381 e. The molecule has 1 saturated heterocycles. The van der Waals surface area contributed by atoms with Gasteiger partial charge in [0.25, 0.3) is 0 Å². The second kappa shape index (κ2) is 8.30. The second-order valence-corrected chi connectivity index (χ2v) is 7.70. The van der Waals surface area contributed by atoms with E-state index in [1.54, 1.807) is 0 Å². The zero-order chi connectivity index (χ0) is 16.1. The van der Waals surface area contributed by atoms with Gasteiger partial charge in [0.05, 0.1) is 12.2 Å². The Bertz CT molecular complexity index is 342. The van der Waals surface area contributed by atoms with Crippen molar-refractivity contribution in [1.29, 1.82) is 0 Å². The fraction of sp³-hybridized carbons (Fsp3) is 0.944. The molecule has 4 heteroatoms. The number of hydrogen-bond donors (Lipinski definition) is 0. The van der Waals surface area contributed by atoms with Gasteiger partial charge in [0, 0.05) is 32.2 Å². The van der Waals surface area contributed by atoms with Gasteiger partial charge in [-0.1, -0.05) is 13.8 Å². The van der Waals surface area contributed by atoms with Crippen LogP contribution in [0.15, 0.2) is 0 Å². The molecule has 1 heterocycles. The quantitative estimate of drug-likeness (QED) is 0.725. The lowest BCUT2D eigenvalue weighted by Crippen LogP contribution is -2.57. The number of hydrogen-bond acceptors (Lipinski definition) is 3. The van der Waals surface area contributed by atoms with Crippen molar-refractivity contribution >= 4 is 5.91 Å². The summed E-state index contributed by atoms with van der Waals surface area (Å²) >= 11 is 0. The summed E-state index contributed by atoms with van der Waals surface area (Å²) < 4.78 is 11.5. The van der Waals surface area contributed by atoms with E-state index in [4.69, 9.17) is 9.47 Å². The molecule has 0 bridgehead atoms. The molecule has 2 rings (SSSR count). The molecule has 0 N–H and O–H groups in total. The summed E-state index contributed by atoms with van der Waals surface area (Å²) in [6.07, 6.45) is 4.83. The maximum absolute atomic E-state index is 12.5. The fourth-order valence-electron chi connectivity index (χ4n) is 3.39. The van der Waals surface area contributed by atoms with Gasteiger partial charge in [0.1, 0.15) is 0 Å². The molecule has 2 fully saturated rings. The average Bonchev–Trinajstić information content (AvgIpc) is 2.42. The van der Waals surface area contributed by atoms with Crippen molar-refractivity contribution in [2.24, 2.45) is 17.8 Å². The third-order valence-electron chi connectivity index (χ3n) is 4.63. The Morgan fingerprint density at radius 1 is 1.09 bits per heavy atom. The smallest absolute Gasteiger partial charge is 0.225 e. The predicted octanol–water partition coefficient (Wildman–Crippen LogP) is 3.10. The second-order valence-electron chi connectivity index (χ2n) is 7.70. The molecule has 128 valence electrons. The summed E-state index contributed by atoms with van der Waals surface area (Å²) in [6.45, 7) is 11.7. The average molecular weight is 311 g/mol. The van der Waals surface area contributed by atoms with E-state index in [1.807, 2.05) is 18.7 Å². The van der Waals surface area contributed by atoms with E-state index < -0.39 is 0 Å². The molecule has 0 aromatic heterocycles. The van der Waals surface area contributed by atoms with Gasteiger partial charge in [-0.15, -0.1) is 0 Å². The van der Waals surface area contributed by atoms with Gasteiger partial charge in [0.2, 0.25) is 5.91 Å². The molecule has 1 amide bonds. The van der Waals surface area contributed by atoms with Gasteiger partial charge in [-0.3, -0.25) is 4.79 Å². The third kappa shape index (κ3) is 5.24. The van der Waals surface area contributed by atoms with Crippen LogP contribution in [0.3, 0.4) is 0 Å². The molecule has 4 nitrogen and oxygen atoms in total. The Hall–Kier alpha value is -0.610. The van der Waals surface area contributed by atoms with Crippen molar-refractivity contribution in [2.75, 3.05) is 26.3 Å². The lowest BCUT2D eigenvalue weighted by Gasteiger charge is -2.42. The Morgan fingerprint density at radius 2 is 1.73 bits per heavy atom. The van der Waals surface area contributed by atoms with Crippen LogP contribution in [-0.4, -0.2) is 49.3 Å². The van der Waals surface area contributed by atoms with Crippen LogP contribution in [0.5, 0.6) is 0 Å². The molecular weight excluding hydrogens is 278 g/mol. The van der Waals surface area contributed by atoms with Crippen LogP contribution in [0.4, 0.5) is 0 Å².